The van der Waals surface area contributed by atoms with Crippen LogP contribution in [-0.4, -0.2) is 9.78 Å². The van der Waals surface area contributed by atoms with Crippen molar-refractivity contribution in [1.29, 1.82) is 0 Å². The lowest BCUT2D eigenvalue weighted by molar-refractivity contribution is 0.474. The Labute approximate surface area is 75.7 Å². The fourth-order valence-corrected chi connectivity index (χ4v) is 1.46. The van der Waals surface area contributed by atoms with Crippen LogP contribution in [-0.2, 0) is 11.9 Å². The summed E-state index contributed by atoms with van der Waals surface area (Å²) in [6, 6.07) is 2.04. The Hall–Kier alpha value is -0.310. The van der Waals surface area contributed by atoms with E-state index in [1.807, 2.05) is 16.9 Å². The third-order valence-electron chi connectivity index (χ3n) is 1.48. The molecule has 0 radical (unpaired) electrons. The predicted molar refractivity (Wildman–Crippen MR) is 49.7 cm³/mol. The van der Waals surface area contributed by atoms with E-state index in [1.54, 1.807) is 0 Å². The number of halogens is 1. The van der Waals surface area contributed by atoms with Crippen LogP contribution in [0, 0.1) is 5.92 Å². The second kappa shape index (κ2) is 3.90. The minimum absolute atomic E-state index is 0.660. The monoisotopic (exact) mass is 216 g/mol. The van der Waals surface area contributed by atoms with Crippen molar-refractivity contribution in [3.05, 3.63) is 18.0 Å². The molecule has 0 amide bonds. The summed E-state index contributed by atoms with van der Waals surface area (Å²) in [4.78, 5) is 0. The molecule has 0 saturated heterocycles. The quantitative estimate of drug-likeness (QED) is 0.711. The van der Waals surface area contributed by atoms with Gasteiger partial charge in [-0.15, -0.1) is 0 Å². The highest BCUT2D eigenvalue weighted by molar-refractivity contribution is 9.08. The summed E-state index contributed by atoms with van der Waals surface area (Å²) in [6.45, 7) is 5.40. The SMILES string of the molecule is CC(C)Cn1nccc1CBr. The number of hydrogen-bond acceptors (Lipinski definition) is 1. The number of hydrogen-bond donors (Lipinski definition) is 0. The van der Waals surface area contributed by atoms with E-state index >= 15 is 0 Å². The van der Waals surface area contributed by atoms with Gasteiger partial charge in [-0.25, -0.2) is 0 Å². The third kappa shape index (κ3) is 2.33. The summed E-state index contributed by atoms with van der Waals surface area (Å²) < 4.78 is 2.04. The van der Waals surface area contributed by atoms with E-state index in [9.17, 15) is 0 Å². The van der Waals surface area contributed by atoms with Crippen LogP contribution in [0.1, 0.15) is 19.5 Å². The van der Waals surface area contributed by atoms with Crippen molar-refractivity contribution < 1.29 is 0 Å². The molecule has 1 heterocycles. The lowest BCUT2D eigenvalue weighted by atomic mass is 10.2. The Morgan fingerprint density at radius 3 is 2.91 bits per heavy atom. The van der Waals surface area contributed by atoms with Gasteiger partial charge in [0.25, 0.3) is 0 Å². The highest BCUT2D eigenvalue weighted by Crippen LogP contribution is 2.06. The Bertz CT molecular complexity index is 218. The van der Waals surface area contributed by atoms with Gasteiger partial charge in [0.1, 0.15) is 0 Å². The molecule has 1 rings (SSSR count). The molecule has 0 N–H and O–H groups in total. The standard InChI is InChI=1S/C8H13BrN2/c1-7(2)6-11-8(5-9)3-4-10-11/h3-4,7H,5-6H2,1-2H3. The molecule has 0 atom stereocenters. The molecule has 0 saturated carbocycles. The van der Waals surface area contributed by atoms with Gasteiger partial charge in [-0.1, -0.05) is 29.8 Å². The fourth-order valence-electron chi connectivity index (χ4n) is 0.984. The number of rotatable bonds is 3. The second-order valence-electron chi connectivity index (χ2n) is 3.03. The minimum Gasteiger partial charge on any atom is -0.268 e. The first-order valence-corrected chi connectivity index (χ1v) is 4.93. The molecule has 3 heteroatoms. The Kier molecular flexibility index (Phi) is 3.12. The summed E-state index contributed by atoms with van der Waals surface area (Å²) in [5.41, 5.74) is 1.25. The smallest absolute Gasteiger partial charge is 0.0492 e. The van der Waals surface area contributed by atoms with Crippen molar-refractivity contribution in [1.82, 2.24) is 9.78 Å². The van der Waals surface area contributed by atoms with Gasteiger partial charge >= 0.3 is 0 Å². The van der Waals surface area contributed by atoms with E-state index in [4.69, 9.17) is 0 Å². The van der Waals surface area contributed by atoms with Gasteiger partial charge < -0.3 is 0 Å². The van der Waals surface area contributed by atoms with Gasteiger partial charge in [-0.3, -0.25) is 4.68 Å². The highest BCUT2D eigenvalue weighted by Gasteiger charge is 2.01. The minimum atomic E-state index is 0.660. The summed E-state index contributed by atoms with van der Waals surface area (Å²) in [5, 5.41) is 5.10. The lowest BCUT2D eigenvalue weighted by Gasteiger charge is -2.07. The highest BCUT2D eigenvalue weighted by atomic mass is 79.9. The first-order valence-electron chi connectivity index (χ1n) is 3.80. The molecule has 0 spiro atoms. The molecule has 0 bridgehead atoms. The van der Waals surface area contributed by atoms with Crippen LogP contribution in [0.15, 0.2) is 12.3 Å². The summed E-state index contributed by atoms with van der Waals surface area (Å²) in [6.07, 6.45) is 1.85. The van der Waals surface area contributed by atoms with Crippen molar-refractivity contribution in [2.75, 3.05) is 0 Å². The maximum absolute atomic E-state index is 4.21. The van der Waals surface area contributed by atoms with Gasteiger partial charge in [-0.05, 0) is 12.0 Å². The largest absolute Gasteiger partial charge is 0.268 e. The zero-order valence-electron chi connectivity index (χ0n) is 6.92. The molecule has 0 aromatic carbocycles. The maximum atomic E-state index is 4.21. The zero-order chi connectivity index (χ0) is 8.27. The maximum Gasteiger partial charge on any atom is 0.0492 e. The summed E-state index contributed by atoms with van der Waals surface area (Å²) >= 11 is 3.42. The van der Waals surface area contributed by atoms with Crippen LogP contribution in [0.3, 0.4) is 0 Å². The van der Waals surface area contributed by atoms with Crippen molar-refractivity contribution in [3.63, 3.8) is 0 Å². The average Bonchev–Trinajstić information content (AvgIpc) is 2.34. The predicted octanol–water partition coefficient (Wildman–Crippen LogP) is 2.43. The van der Waals surface area contributed by atoms with Crippen molar-refractivity contribution in [2.24, 2.45) is 5.92 Å². The molecule has 11 heavy (non-hydrogen) atoms. The van der Waals surface area contributed by atoms with Crippen LogP contribution in [0.5, 0.6) is 0 Å². The first kappa shape index (κ1) is 8.78. The average molecular weight is 217 g/mol. The number of aromatic nitrogens is 2. The van der Waals surface area contributed by atoms with Crippen molar-refractivity contribution in [2.45, 2.75) is 25.7 Å². The molecule has 0 aliphatic rings. The van der Waals surface area contributed by atoms with Gasteiger partial charge in [0.15, 0.2) is 0 Å². The fraction of sp³-hybridized carbons (Fsp3) is 0.625. The molecular formula is C8H13BrN2. The van der Waals surface area contributed by atoms with E-state index in [1.165, 1.54) is 5.69 Å². The molecule has 0 aliphatic heterocycles. The molecule has 62 valence electrons. The normalized spacial score (nSPS) is 10.9. The topological polar surface area (TPSA) is 17.8 Å². The van der Waals surface area contributed by atoms with E-state index in [-0.39, 0.29) is 0 Å². The zero-order valence-corrected chi connectivity index (χ0v) is 8.50. The molecule has 1 aromatic rings. The van der Waals surface area contributed by atoms with E-state index in [0.29, 0.717) is 5.92 Å². The van der Waals surface area contributed by atoms with E-state index in [2.05, 4.69) is 34.9 Å². The number of alkyl halides is 1. The van der Waals surface area contributed by atoms with E-state index in [0.717, 1.165) is 11.9 Å². The Morgan fingerprint density at radius 1 is 1.64 bits per heavy atom. The Balaban J connectivity index is 2.68. The molecular weight excluding hydrogens is 204 g/mol. The third-order valence-corrected chi connectivity index (χ3v) is 2.05. The van der Waals surface area contributed by atoms with Crippen LogP contribution >= 0.6 is 15.9 Å². The van der Waals surface area contributed by atoms with Crippen LogP contribution in [0.4, 0.5) is 0 Å². The van der Waals surface area contributed by atoms with Gasteiger partial charge in [0.2, 0.25) is 0 Å². The Morgan fingerprint density at radius 2 is 2.36 bits per heavy atom. The summed E-state index contributed by atoms with van der Waals surface area (Å²) in [7, 11) is 0. The van der Waals surface area contributed by atoms with Crippen molar-refractivity contribution in [3.8, 4) is 0 Å². The molecule has 0 fully saturated rings. The summed E-state index contributed by atoms with van der Waals surface area (Å²) in [5.74, 6) is 0.660. The molecule has 2 nitrogen and oxygen atoms in total. The van der Waals surface area contributed by atoms with Gasteiger partial charge in [0, 0.05) is 23.8 Å². The van der Waals surface area contributed by atoms with Crippen LogP contribution < -0.4 is 0 Å². The molecule has 0 aliphatic carbocycles. The number of nitrogens with zero attached hydrogens (tertiary/aromatic N) is 2. The second-order valence-corrected chi connectivity index (χ2v) is 3.59. The molecule has 0 unspecified atom stereocenters. The van der Waals surface area contributed by atoms with Gasteiger partial charge in [0.05, 0.1) is 0 Å². The van der Waals surface area contributed by atoms with Crippen LogP contribution in [0.2, 0.25) is 0 Å². The van der Waals surface area contributed by atoms with Gasteiger partial charge in [-0.2, -0.15) is 5.10 Å². The van der Waals surface area contributed by atoms with Crippen LogP contribution in [0.25, 0.3) is 0 Å². The van der Waals surface area contributed by atoms with E-state index < -0.39 is 0 Å². The molecule has 1 aromatic heterocycles. The lowest BCUT2D eigenvalue weighted by Crippen LogP contribution is -2.08. The first-order chi connectivity index (χ1) is 5.24. The van der Waals surface area contributed by atoms with Crippen molar-refractivity contribution >= 4 is 15.9 Å².